The fourth-order valence-corrected chi connectivity index (χ4v) is 3.24. The van der Waals surface area contributed by atoms with E-state index in [-0.39, 0.29) is 24.1 Å². The van der Waals surface area contributed by atoms with Crippen molar-refractivity contribution >= 4 is 17.6 Å². The van der Waals surface area contributed by atoms with E-state index in [0.29, 0.717) is 18.8 Å². The number of benzene rings is 2. The third-order valence-corrected chi connectivity index (χ3v) is 4.68. The lowest BCUT2D eigenvalue weighted by atomic mass is 10.2. The molecule has 0 spiro atoms. The van der Waals surface area contributed by atoms with Gasteiger partial charge in [0.15, 0.2) is 0 Å². The van der Waals surface area contributed by atoms with Gasteiger partial charge in [-0.3, -0.25) is 9.69 Å². The van der Waals surface area contributed by atoms with E-state index in [4.69, 9.17) is 9.47 Å². The Morgan fingerprint density at radius 1 is 1.21 bits per heavy atom. The molecular weight excluding hydrogens is 372 g/mol. The topological polar surface area (TPSA) is 88.1 Å². The Hall–Kier alpha value is -2.90. The Labute approximate surface area is 170 Å². The highest BCUT2D eigenvalue weighted by Gasteiger charge is 2.16. The fourth-order valence-electron chi connectivity index (χ4n) is 3.24. The second-order valence-electron chi connectivity index (χ2n) is 7.16. The Balaban J connectivity index is 1.46. The first-order chi connectivity index (χ1) is 14.0. The van der Waals surface area contributed by atoms with Crippen molar-refractivity contribution in [1.29, 1.82) is 0 Å². The zero-order valence-electron chi connectivity index (χ0n) is 16.5. The molecule has 29 heavy (non-hydrogen) atoms. The molecule has 3 rings (SSSR count). The van der Waals surface area contributed by atoms with Crippen LogP contribution in [0.15, 0.2) is 48.5 Å². The Morgan fingerprint density at radius 3 is 2.66 bits per heavy atom. The van der Waals surface area contributed by atoms with Gasteiger partial charge < -0.3 is 19.9 Å². The Bertz CT molecular complexity index is 831. The van der Waals surface area contributed by atoms with Crippen LogP contribution in [-0.4, -0.2) is 54.8 Å². The number of carbonyl (C=O) groups is 2. The number of rotatable bonds is 9. The molecule has 0 saturated carbocycles. The van der Waals surface area contributed by atoms with Crippen LogP contribution in [0.4, 0.5) is 5.69 Å². The summed E-state index contributed by atoms with van der Waals surface area (Å²) >= 11 is 0. The van der Waals surface area contributed by atoms with Crippen LogP contribution >= 0.6 is 0 Å². The van der Waals surface area contributed by atoms with E-state index in [1.54, 1.807) is 18.2 Å². The number of para-hydroxylation sites is 1. The van der Waals surface area contributed by atoms with E-state index < -0.39 is 5.97 Å². The molecule has 1 amide bonds. The predicted octanol–water partition coefficient (Wildman–Crippen LogP) is 3.01. The van der Waals surface area contributed by atoms with Crippen molar-refractivity contribution < 1.29 is 24.2 Å². The van der Waals surface area contributed by atoms with Crippen molar-refractivity contribution in [2.75, 3.05) is 32.1 Å². The van der Waals surface area contributed by atoms with Crippen LogP contribution in [0.3, 0.4) is 0 Å². The van der Waals surface area contributed by atoms with Crippen LogP contribution in [0.2, 0.25) is 0 Å². The summed E-state index contributed by atoms with van der Waals surface area (Å²) in [7, 11) is 1.84. The zero-order chi connectivity index (χ0) is 20.6. The number of likely N-dealkylation sites (N-methyl/N-ethyl adjacent to an activating group) is 1. The SMILES string of the molecule is CN(CC(=O)Nc1ccccc1C(=O)O)Cc1ccc(OCC2CCCO2)cc1. The Kier molecular flexibility index (Phi) is 7.21. The van der Waals surface area contributed by atoms with E-state index in [2.05, 4.69) is 5.32 Å². The van der Waals surface area contributed by atoms with Crippen LogP contribution in [0.1, 0.15) is 28.8 Å². The first kappa shape index (κ1) is 20.8. The fraction of sp³-hybridized carbons (Fsp3) is 0.364. The molecule has 7 heteroatoms. The molecular formula is C22H26N2O5. The highest BCUT2D eigenvalue weighted by atomic mass is 16.5. The number of amides is 1. The lowest BCUT2D eigenvalue weighted by Gasteiger charge is -2.17. The molecule has 2 aromatic rings. The molecule has 154 valence electrons. The molecule has 0 aliphatic carbocycles. The number of nitrogens with one attached hydrogen (secondary N) is 1. The summed E-state index contributed by atoms with van der Waals surface area (Å²) in [5.41, 5.74) is 1.42. The summed E-state index contributed by atoms with van der Waals surface area (Å²) in [6.07, 6.45) is 2.32. The second kappa shape index (κ2) is 10.0. The minimum Gasteiger partial charge on any atom is -0.491 e. The monoisotopic (exact) mass is 398 g/mol. The van der Waals surface area contributed by atoms with Crippen LogP contribution in [0.25, 0.3) is 0 Å². The summed E-state index contributed by atoms with van der Waals surface area (Å²) in [5.74, 6) is -0.538. The van der Waals surface area contributed by atoms with Crippen LogP contribution in [0.5, 0.6) is 5.75 Å². The molecule has 0 bridgehead atoms. The van der Waals surface area contributed by atoms with E-state index in [1.807, 2.05) is 36.2 Å². The largest absolute Gasteiger partial charge is 0.491 e. The van der Waals surface area contributed by atoms with E-state index in [1.165, 1.54) is 6.07 Å². The van der Waals surface area contributed by atoms with Crippen LogP contribution in [-0.2, 0) is 16.1 Å². The van der Waals surface area contributed by atoms with Gasteiger partial charge in [-0.2, -0.15) is 0 Å². The van der Waals surface area contributed by atoms with Gasteiger partial charge in [0.05, 0.1) is 23.9 Å². The second-order valence-corrected chi connectivity index (χ2v) is 7.16. The molecule has 0 aromatic heterocycles. The number of hydrogen-bond donors (Lipinski definition) is 2. The third-order valence-electron chi connectivity index (χ3n) is 4.68. The van der Waals surface area contributed by atoms with Crippen molar-refractivity contribution in [3.8, 4) is 5.75 Å². The molecule has 2 aromatic carbocycles. The van der Waals surface area contributed by atoms with Crippen molar-refractivity contribution in [3.05, 3.63) is 59.7 Å². The molecule has 1 aliphatic heterocycles. The number of aromatic carboxylic acids is 1. The first-order valence-corrected chi connectivity index (χ1v) is 9.65. The van der Waals surface area contributed by atoms with Crippen molar-refractivity contribution in [3.63, 3.8) is 0 Å². The number of carbonyl (C=O) groups excluding carboxylic acids is 1. The summed E-state index contributed by atoms with van der Waals surface area (Å²) in [6, 6.07) is 14.1. The maximum atomic E-state index is 12.3. The molecule has 1 unspecified atom stereocenters. The molecule has 1 heterocycles. The average molecular weight is 398 g/mol. The van der Waals surface area contributed by atoms with E-state index in [0.717, 1.165) is 30.8 Å². The molecule has 1 aliphatic rings. The number of nitrogens with zero attached hydrogens (tertiary/aromatic N) is 1. The average Bonchev–Trinajstić information content (AvgIpc) is 3.21. The number of carboxylic acid groups (broad SMARTS) is 1. The van der Waals surface area contributed by atoms with Gasteiger partial charge in [0.25, 0.3) is 0 Å². The number of anilines is 1. The minimum atomic E-state index is -1.07. The number of hydrogen-bond acceptors (Lipinski definition) is 5. The molecule has 1 atom stereocenters. The van der Waals surface area contributed by atoms with Gasteiger partial charge in [-0.25, -0.2) is 4.79 Å². The van der Waals surface area contributed by atoms with Crippen molar-refractivity contribution in [1.82, 2.24) is 4.90 Å². The van der Waals surface area contributed by atoms with Gasteiger partial charge >= 0.3 is 5.97 Å². The molecule has 2 N–H and O–H groups in total. The predicted molar refractivity (Wildman–Crippen MR) is 109 cm³/mol. The van der Waals surface area contributed by atoms with E-state index in [9.17, 15) is 14.7 Å². The smallest absolute Gasteiger partial charge is 0.337 e. The maximum Gasteiger partial charge on any atom is 0.337 e. The van der Waals surface area contributed by atoms with Crippen molar-refractivity contribution in [2.24, 2.45) is 0 Å². The first-order valence-electron chi connectivity index (χ1n) is 9.65. The maximum absolute atomic E-state index is 12.3. The summed E-state index contributed by atoms with van der Waals surface area (Å²) in [5, 5.41) is 11.9. The Morgan fingerprint density at radius 2 is 1.97 bits per heavy atom. The highest BCUT2D eigenvalue weighted by Crippen LogP contribution is 2.18. The summed E-state index contributed by atoms with van der Waals surface area (Å²) in [4.78, 5) is 25.4. The molecule has 1 fully saturated rings. The number of ether oxygens (including phenoxy) is 2. The highest BCUT2D eigenvalue weighted by molar-refractivity contribution is 6.01. The van der Waals surface area contributed by atoms with Gasteiger partial charge in [-0.15, -0.1) is 0 Å². The van der Waals surface area contributed by atoms with Crippen molar-refractivity contribution in [2.45, 2.75) is 25.5 Å². The normalized spacial score (nSPS) is 16.0. The van der Waals surface area contributed by atoms with Crippen LogP contribution in [0, 0.1) is 0 Å². The third kappa shape index (κ3) is 6.30. The van der Waals surface area contributed by atoms with Gasteiger partial charge in [0, 0.05) is 13.2 Å². The molecule has 1 saturated heterocycles. The minimum absolute atomic E-state index is 0.0714. The standard InChI is InChI=1S/C22H26N2O5/c1-24(14-21(25)23-20-7-3-2-6-19(20)22(26)27)13-16-8-10-17(11-9-16)29-15-18-5-4-12-28-18/h2-3,6-11,18H,4-5,12-15H2,1H3,(H,23,25)(H,26,27). The summed E-state index contributed by atoms with van der Waals surface area (Å²) < 4.78 is 11.3. The van der Waals surface area contributed by atoms with Gasteiger partial charge in [-0.05, 0) is 49.7 Å². The zero-order valence-corrected chi connectivity index (χ0v) is 16.5. The van der Waals surface area contributed by atoms with Crippen LogP contribution < -0.4 is 10.1 Å². The van der Waals surface area contributed by atoms with Gasteiger partial charge in [-0.1, -0.05) is 24.3 Å². The molecule has 0 radical (unpaired) electrons. The lowest BCUT2D eigenvalue weighted by molar-refractivity contribution is -0.117. The summed E-state index contributed by atoms with van der Waals surface area (Å²) in [6.45, 7) is 2.11. The molecule has 7 nitrogen and oxygen atoms in total. The van der Waals surface area contributed by atoms with Gasteiger partial charge in [0.2, 0.25) is 5.91 Å². The quantitative estimate of drug-likeness (QED) is 0.675. The van der Waals surface area contributed by atoms with E-state index >= 15 is 0 Å². The number of carboxylic acids is 1. The van der Waals surface area contributed by atoms with Gasteiger partial charge in [0.1, 0.15) is 12.4 Å². The lowest BCUT2D eigenvalue weighted by Crippen LogP contribution is -2.30.